The molecule has 0 fully saturated rings. The fourth-order valence-electron chi connectivity index (χ4n) is 0.0861. The van der Waals surface area contributed by atoms with Crippen molar-refractivity contribution < 1.29 is 4.92 Å². The van der Waals surface area contributed by atoms with Crippen LogP contribution in [0, 0.1) is 10.1 Å². The van der Waals surface area contributed by atoms with E-state index in [1.54, 1.807) is 0 Å². The van der Waals surface area contributed by atoms with Gasteiger partial charge in [-0.05, 0) is 6.08 Å². The van der Waals surface area contributed by atoms with Crippen molar-refractivity contribution in [2.45, 2.75) is 5.37 Å². The molecule has 0 saturated heterocycles. The number of nitrogens with zero attached hydrogens (tertiary/aromatic N) is 1. The zero-order valence-corrected chi connectivity index (χ0v) is 4.47. The molecule has 0 radical (unpaired) electrons. The molecule has 0 N–H and O–H groups in total. The van der Waals surface area contributed by atoms with Gasteiger partial charge in [0.25, 0.3) is 5.37 Å². The fraction of sp³-hybridized carbons (Fsp3) is 0.333. The molecule has 0 aliphatic heterocycles. The summed E-state index contributed by atoms with van der Waals surface area (Å²) in [6.07, 6.45) is 1.16. The van der Waals surface area contributed by atoms with Gasteiger partial charge < -0.3 is 0 Å². The highest BCUT2D eigenvalue weighted by atomic mass is 32.1. The predicted octanol–water partition coefficient (Wildman–Crippen LogP) is 0.705. The predicted molar refractivity (Wildman–Crippen MR) is 30.0 cm³/mol. The fourth-order valence-corrected chi connectivity index (χ4v) is 0.0861. The van der Waals surface area contributed by atoms with Crippen molar-refractivity contribution in [3.63, 3.8) is 0 Å². The molecular weight excluding hydrogens is 114 g/mol. The number of rotatable bonds is 2. The Morgan fingerprint density at radius 3 is 2.43 bits per heavy atom. The maximum absolute atomic E-state index is 9.59. The second kappa shape index (κ2) is 2.63. The molecule has 0 rings (SSSR count). The van der Waals surface area contributed by atoms with Crippen LogP contribution in [-0.4, -0.2) is 10.3 Å². The summed E-state index contributed by atoms with van der Waals surface area (Å²) in [5, 5.41) is 8.67. The maximum atomic E-state index is 9.59. The van der Waals surface area contributed by atoms with Crippen LogP contribution >= 0.6 is 12.6 Å². The standard InChI is InChI=1S/C3H5NO2S/c1-2-3(7)4(5)6/h2-3,7H,1H2. The Balaban J connectivity index is 3.55. The van der Waals surface area contributed by atoms with Gasteiger partial charge in [-0.1, -0.05) is 19.2 Å². The molecular formula is C3H5NO2S. The molecule has 1 atom stereocenters. The zero-order chi connectivity index (χ0) is 5.86. The first-order valence-corrected chi connectivity index (χ1v) is 2.14. The molecule has 7 heavy (non-hydrogen) atoms. The molecule has 0 aliphatic carbocycles. The first-order chi connectivity index (χ1) is 3.18. The average Bonchev–Trinajstić information content (AvgIpc) is 1.65. The lowest BCUT2D eigenvalue weighted by molar-refractivity contribution is -0.482. The molecule has 4 heteroatoms. The number of thiol groups is 1. The van der Waals surface area contributed by atoms with Crippen LogP contribution in [0.3, 0.4) is 0 Å². The summed E-state index contributed by atoms with van der Waals surface area (Å²) in [5.41, 5.74) is 0. The van der Waals surface area contributed by atoms with Gasteiger partial charge in [0.05, 0.1) is 0 Å². The van der Waals surface area contributed by atoms with E-state index in [0.717, 1.165) is 6.08 Å². The van der Waals surface area contributed by atoms with Crippen LogP contribution in [0.5, 0.6) is 0 Å². The molecule has 40 valence electrons. The minimum atomic E-state index is -0.917. The largest absolute Gasteiger partial charge is 0.273 e. The third kappa shape index (κ3) is 2.22. The van der Waals surface area contributed by atoms with E-state index in [9.17, 15) is 10.1 Å². The minimum Gasteiger partial charge on any atom is -0.263 e. The first kappa shape index (κ1) is 6.49. The average molecular weight is 119 g/mol. The van der Waals surface area contributed by atoms with E-state index < -0.39 is 10.3 Å². The van der Waals surface area contributed by atoms with Crippen molar-refractivity contribution >= 4 is 12.6 Å². The van der Waals surface area contributed by atoms with E-state index in [1.165, 1.54) is 0 Å². The van der Waals surface area contributed by atoms with Crippen molar-refractivity contribution in [3.05, 3.63) is 22.8 Å². The van der Waals surface area contributed by atoms with Gasteiger partial charge in [-0.25, -0.2) is 0 Å². The molecule has 0 aromatic rings. The number of nitro groups is 1. The number of hydrogen-bond acceptors (Lipinski definition) is 3. The summed E-state index contributed by atoms with van der Waals surface area (Å²) in [4.78, 5) is 9.06. The number of hydrogen-bond donors (Lipinski definition) is 1. The van der Waals surface area contributed by atoms with E-state index in [1.807, 2.05) is 0 Å². The maximum Gasteiger partial charge on any atom is 0.273 e. The van der Waals surface area contributed by atoms with Crippen molar-refractivity contribution in [2.24, 2.45) is 0 Å². The minimum absolute atomic E-state index is 0.532. The second-order valence-corrected chi connectivity index (χ2v) is 1.46. The van der Waals surface area contributed by atoms with Gasteiger partial charge in [0.1, 0.15) is 0 Å². The Hall–Kier alpha value is -0.510. The molecule has 0 heterocycles. The Morgan fingerprint density at radius 1 is 2.00 bits per heavy atom. The lowest BCUT2D eigenvalue weighted by Gasteiger charge is -1.89. The molecule has 0 bridgehead atoms. The normalized spacial score (nSPS) is 12.7. The molecule has 1 unspecified atom stereocenters. The highest BCUT2D eigenvalue weighted by Gasteiger charge is 2.04. The van der Waals surface area contributed by atoms with Gasteiger partial charge in [0, 0.05) is 4.92 Å². The molecule has 0 aromatic heterocycles. The van der Waals surface area contributed by atoms with Crippen LogP contribution in [-0.2, 0) is 0 Å². The van der Waals surface area contributed by atoms with E-state index >= 15 is 0 Å². The van der Waals surface area contributed by atoms with Gasteiger partial charge in [0.15, 0.2) is 0 Å². The summed E-state index contributed by atoms with van der Waals surface area (Å²) in [6.45, 7) is 3.16. The molecule has 0 spiro atoms. The van der Waals surface area contributed by atoms with Gasteiger partial charge in [-0.15, -0.1) is 0 Å². The van der Waals surface area contributed by atoms with Crippen LogP contribution in [0.4, 0.5) is 0 Å². The Labute approximate surface area is 46.6 Å². The van der Waals surface area contributed by atoms with Crippen molar-refractivity contribution in [1.29, 1.82) is 0 Å². The molecule has 0 aromatic carbocycles. The molecule has 0 saturated carbocycles. The summed E-state index contributed by atoms with van der Waals surface area (Å²) < 4.78 is 0. The Kier molecular flexibility index (Phi) is 2.44. The van der Waals surface area contributed by atoms with Crippen LogP contribution in [0.15, 0.2) is 12.7 Å². The van der Waals surface area contributed by atoms with Gasteiger partial charge in [-0.3, -0.25) is 10.1 Å². The molecule has 0 aliphatic rings. The van der Waals surface area contributed by atoms with E-state index in [-0.39, 0.29) is 0 Å². The van der Waals surface area contributed by atoms with Gasteiger partial charge >= 0.3 is 0 Å². The third-order valence-electron chi connectivity index (χ3n) is 0.427. The quantitative estimate of drug-likeness (QED) is 0.191. The van der Waals surface area contributed by atoms with Gasteiger partial charge in [0.2, 0.25) is 0 Å². The van der Waals surface area contributed by atoms with Crippen molar-refractivity contribution in [3.8, 4) is 0 Å². The third-order valence-corrected chi connectivity index (χ3v) is 0.826. The van der Waals surface area contributed by atoms with E-state index in [0.29, 0.717) is 0 Å². The Morgan fingerprint density at radius 2 is 2.43 bits per heavy atom. The molecule has 0 amide bonds. The topological polar surface area (TPSA) is 43.1 Å². The SMILES string of the molecule is C=CC(S)[N+](=O)[O-]. The zero-order valence-electron chi connectivity index (χ0n) is 3.57. The van der Waals surface area contributed by atoms with Crippen LogP contribution in [0.25, 0.3) is 0 Å². The van der Waals surface area contributed by atoms with Crippen LogP contribution in [0.2, 0.25) is 0 Å². The van der Waals surface area contributed by atoms with Crippen LogP contribution in [0.1, 0.15) is 0 Å². The highest BCUT2D eigenvalue weighted by molar-refractivity contribution is 7.80. The lowest BCUT2D eigenvalue weighted by atomic mass is 10.6. The summed E-state index contributed by atoms with van der Waals surface area (Å²) >= 11 is 3.51. The summed E-state index contributed by atoms with van der Waals surface area (Å²) in [7, 11) is 0. The second-order valence-electron chi connectivity index (χ2n) is 0.935. The van der Waals surface area contributed by atoms with Crippen molar-refractivity contribution in [1.82, 2.24) is 0 Å². The molecule has 3 nitrogen and oxygen atoms in total. The summed E-state index contributed by atoms with van der Waals surface area (Å²) in [6, 6.07) is 0. The first-order valence-electron chi connectivity index (χ1n) is 1.62. The Bertz CT molecular complexity index is 92.9. The smallest absolute Gasteiger partial charge is 0.263 e. The summed E-state index contributed by atoms with van der Waals surface area (Å²) in [5.74, 6) is 0. The van der Waals surface area contributed by atoms with Crippen LogP contribution < -0.4 is 0 Å². The highest BCUT2D eigenvalue weighted by Crippen LogP contribution is 1.93. The lowest BCUT2D eigenvalue weighted by Crippen LogP contribution is -2.06. The van der Waals surface area contributed by atoms with Gasteiger partial charge in [-0.2, -0.15) is 0 Å². The van der Waals surface area contributed by atoms with E-state index in [4.69, 9.17) is 0 Å². The monoisotopic (exact) mass is 119 g/mol. The van der Waals surface area contributed by atoms with E-state index in [2.05, 4.69) is 19.2 Å². The van der Waals surface area contributed by atoms with Crippen molar-refractivity contribution in [2.75, 3.05) is 0 Å².